The summed E-state index contributed by atoms with van der Waals surface area (Å²) in [4.78, 5) is 23.7. The van der Waals surface area contributed by atoms with Gasteiger partial charge < -0.3 is 27.0 Å². The lowest BCUT2D eigenvalue weighted by atomic mass is 10.1. The first-order valence-corrected chi connectivity index (χ1v) is 8.60. The van der Waals surface area contributed by atoms with Crippen LogP contribution in [0.5, 0.6) is 0 Å². The van der Waals surface area contributed by atoms with Crippen LogP contribution in [0.15, 0.2) is 54.6 Å². The topological polar surface area (TPSA) is 108 Å². The molecule has 0 aromatic heterocycles. The lowest BCUT2D eigenvalue weighted by Gasteiger charge is -2.13. The highest BCUT2D eigenvalue weighted by molar-refractivity contribution is 5.95. The van der Waals surface area contributed by atoms with Crippen LogP contribution in [0.3, 0.4) is 0 Å². The Bertz CT molecular complexity index is 754. The van der Waals surface area contributed by atoms with Crippen LogP contribution >= 0.6 is 12.4 Å². The van der Waals surface area contributed by atoms with E-state index in [-0.39, 0.29) is 42.8 Å². The molecule has 7 nitrogen and oxygen atoms in total. The lowest BCUT2D eigenvalue weighted by Crippen LogP contribution is -2.39. The summed E-state index contributed by atoms with van der Waals surface area (Å²) in [6.07, 6.45) is 0.547. The summed E-state index contributed by atoms with van der Waals surface area (Å²) in [6, 6.07) is 17.0. The first-order valence-electron chi connectivity index (χ1n) is 8.60. The molecule has 1 saturated heterocycles. The maximum atomic E-state index is 12.4. The van der Waals surface area contributed by atoms with Crippen LogP contribution in [0, 0.1) is 0 Å². The Morgan fingerprint density at radius 1 is 1.00 bits per heavy atom. The molecule has 0 spiro atoms. The summed E-state index contributed by atoms with van der Waals surface area (Å²) in [5, 5.41) is 12.1. The van der Waals surface area contributed by atoms with Gasteiger partial charge in [0.15, 0.2) is 0 Å². The molecule has 3 rings (SSSR count). The lowest BCUT2D eigenvalue weighted by molar-refractivity contribution is -0.121. The number of carbonyl (C=O) groups excluding carboxylic acids is 2. The van der Waals surface area contributed by atoms with Gasteiger partial charge in [0.05, 0.1) is 12.6 Å². The number of amides is 2. The second kappa shape index (κ2) is 9.91. The molecule has 6 N–H and O–H groups in total. The Labute approximate surface area is 164 Å². The smallest absolute Gasteiger partial charge is 0.241 e. The van der Waals surface area contributed by atoms with Gasteiger partial charge in [0.2, 0.25) is 11.8 Å². The average molecular weight is 390 g/mol. The maximum Gasteiger partial charge on any atom is 0.241 e. The van der Waals surface area contributed by atoms with Gasteiger partial charge in [0.1, 0.15) is 0 Å². The van der Waals surface area contributed by atoms with Gasteiger partial charge in [-0.05, 0) is 42.8 Å². The van der Waals surface area contributed by atoms with Crippen molar-refractivity contribution >= 4 is 41.3 Å². The van der Waals surface area contributed by atoms with Crippen molar-refractivity contribution in [2.24, 2.45) is 5.73 Å². The second-order valence-corrected chi connectivity index (χ2v) is 6.22. The molecular formula is C19H24ClN5O2. The van der Waals surface area contributed by atoms with Gasteiger partial charge in [0.25, 0.3) is 0 Å². The number of benzene rings is 2. The third kappa shape index (κ3) is 5.96. The van der Waals surface area contributed by atoms with Gasteiger partial charge in [-0.3, -0.25) is 9.59 Å². The average Bonchev–Trinajstić information content (AvgIpc) is 3.12. The van der Waals surface area contributed by atoms with E-state index in [2.05, 4.69) is 21.3 Å². The molecule has 2 aromatic carbocycles. The quantitative estimate of drug-likeness (QED) is 0.515. The van der Waals surface area contributed by atoms with Crippen molar-refractivity contribution in [3.05, 3.63) is 54.6 Å². The molecule has 1 aliphatic rings. The second-order valence-electron chi connectivity index (χ2n) is 6.22. The van der Waals surface area contributed by atoms with Crippen LogP contribution in [0.25, 0.3) is 0 Å². The highest BCUT2D eigenvalue weighted by Crippen LogP contribution is 2.19. The SMILES string of the molecule is Cl.NCC(=O)NC1CN[C@H](C(=O)Nc2ccc(Nc3ccccc3)cc2)C1. The van der Waals surface area contributed by atoms with Crippen molar-refractivity contribution in [2.45, 2.75) is 18.5 Å². The molecule has 2 aromatic rings. The fourth-order valence-electron chi connectivity index (χ4n) is 2.89. The minimum atomic E-state index is -0.333. The summed E-state index contributed by atoms with van der Waals surface area (Å²) >= 11 is 0. The molecule has 0 saturated carbocycles. The minimum Gasteiger partial charge on any atom is -0.356 e. The van der Waals surface area contributed by atoms with Crippen LogP contribution in [-0.4, -0.2) is 37.0 Å². The van der Waals surface area contributed by atoms with Crippen molar-refractivity contribution in [1.29, 1.82) is 0 Å². The Morgan fingerprint density at radius 3 is 2.30 bits per heavy atom. The van der Waals surface area contributed by atoms with Crippen LogP contribution in [0.1, 0.15) is 6.42 Å². The largest absolute Gasteiger partial charge is 0.356 e. The zero-order valence-corrected chi connectivity index (χ0v) is 15.6. The monoisotopic (exact) mass is 389 g/mol. The van der Waals surface area contributed by atoms with Gasteiger partial charge in [-0.1, -0.05) is 18.2 Å². The molecular weight excluding hydrogens is 366 g/mol. The van der Waals surface area contributed by atoms with E-state index in [0.717, 1.165) is 17.1 Å². The molecule has 1 heterocycles. The number of hydrogen-bond acceptors (Lipinski definition) is 5. The molecule has 0 radical (unpaired) electrons. The van der Waals surface area contributed by atoms with Gasteiger partial charge in [0, 0.05) is 29.6 Å². The molecule has 2 amide bonds. The van der Waals surface area contributed by atoms with E-state index in [9.17, 15) is 9.59 Å². The van der Waals surface area contributed by atoms with E-state index < -0.39 is 0 Å². The van der Waals surface area contributed by atoms with E-state index in [4.69, 9.17) is 5.73 Å². The van der Waals surface area contributed by atoms with Crippen molar-refractivity contribution in [2.75, 3.05) is 23.7 Å². The van der Waals surface area contributed by atoms with Crippen LogP contribution in [-0.2, 0) is 9.59 Å². The zero-order chi connectivity index (χ0) is 18.4. The number of anilines is 3. The maximum absolute atomic E-state index is 12.4. The van der Waals surface area contributed by atoms with E-state index in [1.165, 1.54) is 0 Å². The van der Waals surface area contributed by atoms with Crippen LogP contribution < -0.4 is 27.0 Å². The number of carbonyl (C=O) groups is 2. The van der Waals surface area contributed by atoms with Crippen molar-refractivity contribution < 1.29 is 9.59 Å². The molecule has 144 valence electrons. The van der Waals surface area contributed by atoms with Crippen molar-refractivity contribution in [1.82, 2.24) is 10.6 Å². The molecule has 1 unspecified atom stereocenters. The third-order valence-electron chi connectivity index (χ3n) is 4.21. The highest BCUT2D eigenvalue weighted by Gasteiger charge is 2.30. The Balaban J connectivity index is 0.00000261. The first-order chi connectivity index (χ1) is 12.6. The summed E-state index contributed by atoms with van der Waals surface area (Å²) in [5.41, 5.74) is 7.96. The van der Waals surface area contributed by atoms with Gasteiger partial charge in [-0.2, -0.15) is 0 Å². The number of nitrogens with one attached hydrogen (secondary N) is 4. The third-order valence-corrected chi connectivity index (χ3v) is 4.21. The van der Waals surface area contributed by atoms with Gasteiger partial charge >= 0.3 is 0 Å². The normalized spacial score (nSPS) is 18.3. The van der Waals surface area contributed by atoms with Crippen LogP contribution in [0.2, 0.25) is 0 Å². The van der Waals surface area contributed by atoms with Crippen LogP contribution in [0.4, 0.5) is 17.1 Å². The van der Waals surface area contributed by atoms with E-state index in [0.29, 0.717) is 13.0 Å². The molecule has 8 heteroatoms. The van der Waals surface area contributed by atoms with Crippen molar-refractivity contribution in [3.63, 3.8) is 0 Å². The summed E-state index contributed by atoms with van der Waals surface area (Å²) in [5.74, 6) is -0.322. The molecule has 27 heavy (non-hydrogen) atoms. The number of para-hydroxylation sites is 1. The molecule has 0 bridgehead atoms. The Morgan fingerprint density at radius 2 is 1.63 bits per heavy atom. The number of rotatable bonds is 6. The fraction of sp³-hybridized carbons (Fsp3) is 0.263. The van der Waals surface area contributed by atoms with E-state index >= 15 is 0 Å². The number of hydrogen-bond donors (Lipinski definition) is 5. The first kappa shape index (κ1) is 20.7. The fourth-order valence-corrected chi connectivity index (χ4v) is 2.89. The summed E-state index contributed by atoms with van der Waals surface area (Å²) in [7, 11) is 0. The highest BCUT2D eigenvalue weighted by atomic mass is 35.5. The molecule has 1 aliphatic heterocycles. The zero-order valence-electron chi connectivity index (χ0n) is 14.8. The van der Waals surface area contributed by atoms with E-state index in [1.54, 1.807) is 0 Å². The predicted octanol–water partition coefficient (Wildman–Crippen LogP) is 1.60. The standard InChI is InChI=1S/C19H23N5O2.ClH/c20-11-18(25)23-16-10-17(21-12-16)19(26)24-15-8-6-14(7-9-15)22-13-4-2-1-3-5-13;/h1-9,16-17,21-22H,10-12,20H2,(H,23,25)(H,24,26);1H/t16?,17-;/m0./s1. The Hall–Kier alpha value is -2.61. The van der Waals surface area contributed by atoms with Gasteiger partial charge in [-0.15, -0.1) is 12.4 Å². The predicted molar refractivity (Wildman–Crippen MR) is 109 cm³/mol. The number of halogens is 1. The van der Waals surface area contributed by atoms with E-state index in [1.807, 2.05) is 54.6 Å². The molecule has 2 atom stereocenters. The van der Waals surface area contributed by atoms with Crippen molar-refractivity contribution in [3.8, 4) is 0 Å². The Kier molecular flexibility index (Phi) is 7.60. The molecule has 1 fully saturated rings. The summed E-state index contributed by atoms with van der Waals surface area (Å²) < 4.78 is 0. The van der Waals surface area contributed by atoms with Gasteiger partial charge in [-0.25, -0.2) is 0 Å². The molecule has 0 aliphatic carbocycles. The minimum absolute atomic E-state index is 0. The number of nitrogens with two attached hydrogens (primary N) is 1. The summed E-state index contributed by atoms with van der Waals surface area (Å²) in [6.45, 7) is 0.514.